The third-order valence-electron chi connectivity index (χ3n) is 5.96. The number of carbonyl (C=O) groups excluding carboxylic acids is 1. The number of hydrogen-bond acceptors (Lipinski definition) is 3. The summed E-state index contributed by atoms with van der Waals surface area (Å²) < 4.78 is 0. The lowest BCUT2D eigenvalue weighted by molar-refractivity contribution is 0.0942. The van der Waals surface area contributed by atoms with Crippen LogP contribution in [0.4, 0.5) is 0 Å². The van der Waals surface area contributed by atoms with E-state index in [1.165, 1.54) is 40.0 Å². The van der Waals surface area contributed by atoms with Gasteiger partial charge in [-0.2, -0.15) is 0 Å². The molecule has 1 amide bonds. The third kappa shape index (κ3) is 3.37. The highest BCUT2D eigenvalue weighted by Crippen LogP contribution is 2.40. The van der Waals surface area contributed by atoms with E-state index in [0.717, 1.165) is 42.5 Å². The summed E-state index contributed by atoms with van der Waals surface area (Å²) in [5.41, 5.74) is 6.32. The van der Waals surface area contributed by atoms with Crippen LogP contribution < -0.4 is 5.32 Å². The van der Waals surface area contributed by atoms with Gasteiger partial charge in [0.1, 0.15) is 0 Å². The molecule has 28 heavy (non-hydrogen) atoms. The van der Waals surface area contributed by atoms with Gasteiger partial charge in [0.05, 0.1) is 4.88 Å². The van der Waals surface area contributed by atoms with Gasteiger partial charge in [0, 0.05) is 28.9 Å². The van der Waals surface area contributed by atoms with E-state index in [-0.39, 0.29) is 5.91 Å². The molecule has 2 heterocycles. The van der Waals surface area contributed by atoms with Crippen LogP contribution in [0.15, 0.2) is 48.8 Å². The second-order valence-electron chi connectivity index (χ2n) is 7.89. The number of nitrogens with zero attached hydrogens (tertiary/aromatic N) is 1. The zero-order chi connectivity index (χ0) is 18.9. The quantitative estimate of drug-likeness (QED) is 0.631. The van der Waals surface area contributed by atoms with Crippen molar-refractivity contribution in [3.05, 3.63) is 64.8 Å². The van der Waals surface area contributed by atoms with Crippen LogP contribution in [0.5, 0.6) is 0 Å². The van der Waals surface area contributed by atoms with Gasteiger partial charge in [-0.15, -0.1) is 11.3 Å². The van der Waals surface area contributed by atoms with Gasteiger partial charge in [0.25, 0.3) is 5.91 Å². The Morgan fingerprint density at radius 2 is 1.86 bits per heavy atom. The molecule has 0 spiro atoms. The normalized spacial score (nSPS) is 16.3. The van der Waals surface area contributed by atoms with Crippen molar-refractivity contribution in [2.75, 3.05) is 0 Å². The highest BCUT2D eigenvalue weighted by atomic mass is 32.1. The maximum Gasteiger partial charge on any atom is 0.261 e. The Morgan fingerprint density at radius 3 is 2.68 bits per heavy atom. The van der Waals surface area contributed by atoms with E-state index in [0.29, 0.717) is 6.04 Å². The predicted molar refractivity (Wildman–Crippen MR) is 115 cm³/mol. The van der Waals surface area contributed by atoms with Gasteiger partial charge in [0.2, 0.25) is 0 Å². The largest absolute Gasteiger partial charge is 0.349 e. The first-order valence-corrected chi connectivity index (χ1v) is 11.1. The monoisotopic (exact) mass is 388 g/mol. The molecule has 2 aromatic heterocycles. The molecule has 3 nitrogen and oxygen atoms in total. The highest BCUT2D eigenvalue weighted by molar-refractivity contribution is 7.17. The number of benzene rings is 1. The number of fused-ring (bicyclic) bond motifs is 3. The Labute approximate surface area is 169 Å². The lowest BCUT2D eigenvalue weighted by Gasteiger charge is -2.11. The summed E-state index contributed by atoms with van der Waals surface area (Å²) >= 11 is 1.66. The molecule has 0 unspecified atom stereocenters. The first-order chi connectivity index (χ1) is 13.8. The molecule has 0 atom stereocenters. The van der Waals surface area contributed by atoms with E-state index < -0.39 is 0 Å². The van der Waals surface area contributed by atoms with Gasteiger partial charge >= 0.3 is 0 Å². The topological polar surface area (TPSA) is 42.0 Å². The van der Waals surface area contributed by atoms with Gasteiger partial charge in [-0.25, -0.2) is 0 Å². The second kappa shape index (κ2) is 7.51. The lowest BCUT2D eigenvalue weighted by Crippen LogP contribution is -2.31. The summed E-state index contributed by atoms with van der Waals surface area (Å²) in [5.74, 6) is 0.106. The van der Waals surface area contributed by atoms with Crippen molar-refractivity contribution in [1.82, 2.24) is 10.3 Å². The first kappa shape index (κ1) is 17.6. The van der Waals surface area contributed by atoms with E-state index in [2.05, 4.69) is 40.6 Å². The molecule has 5 rings (SSSR count). The molecule has 1 N–H and O–H groups in total. The summed E-state index contributed by atoms with van der Waals surface area (Å²) in [6.07, 6.45) is 11.7. The zero-order valence-corrected chi connectivity index (χ0v) is 16.7. The Bertz CT molecular complexity index is 1000. The van der Waals surface area contributed by atoms with Crippen molar-refractivity contribution in [3.8, 4) is 21.6 Å². The SMILES string of the molecule is O=C(NC1CCCC1)c1cc2c(s1)-c1cc(-c3cccnc3)ccc1CCC2. The zero-order valence-electron chi connectivity index (χ0n) is 15.9. The second-order valence-corrected chi connectivity index (χ2v) is 8.94. The molecular weight excluding hydrogens is 364 g/mol. The number of aromatic nitrogens is 1. The smallest absolute Gasteiger partial charge is 0.261 e. The molecule has 2 aliphatic carbocycles. The number of nitrogens with one attached hydrogen (secondary N) is 1. The summed E-state index contributed by atoms with van der Waals surface area (Å²) in [4.78, 5) is 19.2. The predicted octanol–water partition coefficient (Wildman–Crippen LogP) is 5.64. The van der Waals surface area contributed by atoms with Gasteiger partial charge < -0.3 is 5.32 Å². The van der Waals surface area contributed by atoms with Crippen LogP contribution >= 0.6 is 11.3 Å². The number of rotatable bonds is 3. The van der Waals surface area contributed by atoms with Gasteiger partial charge in [-0.05, 0) is 72.6 Å². The summed E-state index contributed by atoms with van der Waals surface area (Å²) in [6, 6.07) is 13.3. The van der Waals surface area contributed by atoms with Crippen LogP contribution in [-0.2, 0) is 12.8 Å². The van der Waals surface area contributed by atoms with Crippen molar-refractivity contribution in [2.45, 2.75) is 51.0 Å². The molecule has 1 saturated carbocycles. The maximum atomic E-state index is 12.8. The average Bonchev–Trinajstić information content (AvgIpc) is 3.36. The molecule has 1 aromatic carbocycles. The van der Waals surface area contributed by atoms with E-state index >= 15 is 0 Å². The molecule has 142 valence electrons. The number of aryl methyl sites for hydroxylation is 2. The van der Waals surface area contributed by atoms with Gasteiger partial charge in [0.15, 0.2) is 0 Å². The number of thiophene rings is 1. The van der Waals surface area contributed by atoms with Crippen molar-refractivity contribution >= 4 is 17.2 Å². The van der Waals surface area contributed by atoms with E-state index in [1.54, 1.807) is 17.5 Å². The summed E-state index contributed by atoms with van der Waals surface area (Å²) in [7, 11) is 0. The Hall–Kier alpha value is -2.46. The van der Waals surface area contributed by atoms with Crippen LogP contribution in [-0.4, -0.2) is 16.9 Å². The number of pyridine rings is 1. The minimum Gasteiger partial charge on any atom is -0.349 e. The van der Waals surface area contributed by atoms with Crippen LogP contribution in [0.25, 0.3) is 21.6 Å². The van der Waals surface area contributed by atoms with E-state index in [4.69, 9.17) is 0 Å². The average molecular weight is 389 g/mol. The van der Waals surface area contributed by atoms with Crippen molar-refractivity contribution in [1.29, 1.82) is 0 Å². The standard InChI is InChI=1S/C24H24N2OS/c27-24(26-20-8-1-2-9-20)22-14-18-6-3-5-16-10-11-17(13-21(16)23(18)28-22)19-7-4-12-25-15-19/h4,7,10-15,20H,1-3,5-6,8-9H2,(H,26,27). The van der Waals surface area contributed by atoms with Crippen LogP contribution in [0.3, 0.4) is 0 Å². The highest BCUT2D eigenvalue weighted by Gasteiger charge is 2.23. The summed E-state index contributed by atoms with van der Waals surface area (Å²) in [5, 5.41) is 3.24. The Balaban J connectivity index is 1.51. The molecule has 0 bridgehead atoms. The van der Waals surface area contributed by atoms with Crippen LogP contribution in [0.1, 0.15) is 52.9 Å². The molecule has 4 heteroatoms. The molecular formula is C24H24N2OS. The molecule has 1 fully saturated rings. The molecule has 0 saturated heterocycles. The van der Waals surface area contributed by atoms with Crippen LogP contribution in [0, 0.1) is 0 Å². The molecule has 2 aliphatic rings. The Morgan fingerprint density at radius 1 is 1.00 bits per heavy atom. The lowest BCUT2D eigenvalue weighted by atomic mass is 9.98. The van der Waals surface area contributed by atoms with Crippen molar-refractivity contribution in [2.24, 2.45) is 0 Å². The number of amides is 1. The van der Waals surface area contributed by atoms with Gasteiger partial charge in [-0.3, -0.25) is 9.78 Å². The van der Waals surface area contributed by atoms with Crippen LogP contribution in [0.2, 0.25) is 0 Å². The number of hydrogen-bond donors (Lipinski definition) is 1. The van der Waals surface area contributed by atoms with Crippen molar-refractivity contribution in [3.63, 3.8) is 0 Å². The fourth-order valence-corrected chi connectivity index (χ4v) is 5.63. The van der Waals surface area contributed by atoms with E-state index in [9.17, 15) is 4.79 Å². The first-order valence-electron chi connectivity index (χ1n) is 10.3. The van der Waals surface area contributed by atoms with Crippen molar-refractivity contribution < 1.29 is 4.79 Å². The molecule has 3 aromatic rings. The number of carbonyl (C=O) groups is 1. The molecule has 0 radical (unpaired) electrons. The summed E-state index contributed by atoms with van der Waals surface area (Å²) in [6.45, 7) is 0. The fraction of sp³-hybridized carbons (Fsp3) is 0.333. The van der Waals surface area contributed by atoms with Gasteiger partial charge in [-0.1, -0.05) is 31.0 Å². The third-order valence-corrected chi connectivity index (χ3v) is 7.17. The maximum absolute atomic E-state index is 12.8. The minimum atomic E-state index is 0.106. The Kier molecular flexibility index (Phi) is 4.73. The van der Waals surface area contributed by atoms with E-state index in [1.807, 2.05) is 12.3 Å². The fourth-order valence-electron chi connectivity index (χ4n) is 4.47. The molecule has 0 aliphatic heterocycles. The minimum absolute atomic E-state index is 0.106.